The first kappa shape index (κ1) is 24.9. The molecule has 1 aliphatic heterocycles. The maximum Gasteiger partial charge on any atom is 0.332 e. The molecule has 1 aliphatic rings. The van der Waals surface area contributed by atoms with Crippen LogP contribution in [0.15, 0.2) is 46.0 Å². The highest BCUT2D eigenvalue weighted by atomic mass is 35.5. The fourth-order valence-electron chi connectivity index (χ4n) is 4.81. The van der Waals surface area contributed by atoms with E-state index in [2.05, 4.69) is 6.92 Å². The number of carbonyl (C=O) groups excluding carboxylic acids is 1. The molecule has 4 rings (SSSR count). The van der Waals surface area contributed by atoms with Crippen LogP contribution < -0.4 is 20.7 Å². The normalized spacial score (nSPS) is 15.9. The van der Waals surface area contributed by atoms with Crippen molar-refractivity contribution in [2.24, 2.45) is 0 Å². The summed E-state index contributed by atoms with van der Waals surface area (Å²) in [5.74, 6) is 0.589. The molecule has 1 amide bonds. The van der Waals surface area contributed by atoms with Gasteiger partial charge in [0.2, 0.25) is 5.91 Å². The van der Waals surface area contributed by atoms with Gasteiger partial charge in [-0.1, -0.05) is 36.7 Å². The zero-order valence-corrected chi connectivity index (χ0v) is 21.0. The summed E-state index contributed by atoms with van der Waals surface area (Å²) in [5.41, 5.74) is -0.105. The maximum atomic E-state index is 13.7. The second-order valence-corrected chi connectivity index (χ2v) is 9.13. The van der Waals surface area contributed by atoms with Gasteiger partial charge in [-0.2, -0.15) is 0 Å². The number of fused-ring (bicyclic) bond motifs is 1. The molecule has 2 aromatic carbocycles. The van der Waals surface area contributed by atoms with E-state index < -0.39 is 11.2 Å². The third kappa shape index (κ3) is 4.80. The summed E-state index contributed by atoms with van der Waals surface area (Å²) in [6, 6.07) is 10.3. The number of aromatic nitrogens is 2. The van der Waals surface area contributed by atoms with E-state index in [4.69, 9.17) is 21.1 Å². The number of nitrogens with zero attached hydrogens (tertiary/aromatic N) is 3. The third-order valence-corrected chi connectivity index (χ3v) is 7.10. The van der Waals surface area contributed by atoms with Crippen LogP contribution in [0.1, 0.15) is 38.2 Å². The van der Waals surface area contributed by atoms with Crippen molar-refractivity contribution in [3.63, 3.8) is 0 Å². The second kappa shape index (κ2) is 10.6. The topological polar surface area (TPSA) is 82.8 Å². The van der Waals surface area contributed by atoms with Crippen LogP contribution in [0.25, 0.3) is 10.9 Å². The van der Waals surface area contributed by atoms with E-state index in [0.717, 1.165) is 30.3 Å². The summed E-state index contributed by atoms with van der Waals surface area (Å²) in [7, 11) is 2.96. The second-order valence-electron chi connectivity index (χ2n) is 8.72. The summed E-state index contributed by atoms with van der Waals surface area (Å²) in [4.78, 5) is 42.5. The Morgan fingerprint density at radius 3 is 2.46 bits per heavy atom. The first-order chi connectivity index (χ1) is 16.9. The monoisotopic (exact) mass is 499 g/mol. The number of hydrogen-bond donors (Lipinski definition) is 0. The fraction of sp³-hybridized carbons (Fsp3) is 0.423. The molecule has 0 aliphatic carbocycles. The molecular formula is C26H30ClN3O5. The van der Waals surface area contributed by atoms with Crippen LogP contribution in [0.4, 0.5) is 0 Å². The average Bonchev–Trinajstić information content (AvgIpc) is 2.89. The number of halogens is 1. The standard InChI is InChI=1S/C26H30ClN3O5/c1-4-18-10-7-8-12-28(18)24(31)16-29-21-14-23(35-3)22(34-2)13-19(21)25(32)30(26(29)33)15-17-9-5-6-11-20(17)27/h5-6,9,11,13-14,18H,4,7-8,10,12,15-16H2,1-3H3/t18-/m1/s1. The number of carbonyl (C=O) groups is 1. The minimum absolute atomic E-state index is 0.0168. The smallest absolute Gasteiger partial charge is 0.332 e. The predicted octanol–water partition coefficient (Wildman–Crippen LogP) is 3.67. The molecule has 2 heterocycles. The van der Waals surface area contributed by atoms with Crippen LogP contribution in [-0.2, 0) is 17.9 Å². The van der Waals surface area contributed by atoms with Crippen molar-refractivity contribution in [2.75, 3.05) is 20.8 Å². The van der Waals surface area contributed by atoms with Crippen molar-refractivity contribution in [3.05, 3.63) is 67.8 Å². The average molecular weight is 500 g/mol. The zero-order valence-electron chi connectivity index (χ0n) is 20.3. The van der Waals surface area contributed by atoms with E-state index in [-0.39, 0.29) is 30.4 Å². The molecule has 9 heteroatoms. The highest BCUT2D eigenvalue weighted by Gasteiger charge is 2.27. The number of benzene rings is 2. The van der Waals surface area contributed by atoms with E-state index >= 15 is 0 Å². The van der Waals surface area contributed by atoms with E-state index in [1.807, 2.05) is 4.90 Å². The molecule has 8 nitrogen and oxygen atoms in total. The SMILES string of the molecule is CC[C@@H]1CCCCN1C(=O)Cn1c(=O)n(Cc2ccccc2Cl)c(=O)c2cc(OC)c(OC)cc21. The van der Waals surface area contributed by atoms with Crippen LogP contribution in [0.5, 0.6) is 11.5 Å². The summed E-state index contributed by atoms with van der Waals surface area (Å²) >= 11 is 6.32. The summed E-state index contributed by atoms with van der Waals surface area (Å²) in [6.45, 7) is 2.54. The lowest BCUT2D eigenvalue weighted by molar-refractivity contribution is -0.135. The molecule has 1 aromatic heterocycles. The highest BCUT2D eigenvalue weighted by Crippen LogP contribution is 2.31. The molecule has 3 aromatic rings. The van der Waals surface area contributed by atoms with Crippen LogP contribution in [0.3, 0.4) is 0 Å². The number of amides is 1. The third-order valence-electron chi connectivity index (χ3n) is 6.73. The van der Waals surface area contributed by atoms with Crippen LogP contribution in [0.2, 0.25) is 5.02 Å². The van der Waals surface area contributed by atoms with Gasteiger partial charge in [0.1, 0.15) is 6.54 Å². The van der Waals surface area contributed by atoms with Gasteiger partial charge in [-0.25, -0.2) is 4.79 Å². The Kier molecular flexibility index (Phi) is 7.50. The Morgan fingerprint density at radius 1 is 1.06 bits per heavy atom. The lowest BCUT2D eigenvalue weighted by Gasteiger charge is -2.35. The van der Waals surface area contributed by atoms with Gasteiger partial charge in [-0.05, 0) is 43.4 Å². The largest absolute Gasteiger partial charge is 0.493 e. The van der Waals surface area contributed by atoms with Gasteiger partial charge in [0.15, 0.2) is 11.5 Å². The van der Waals surface area contributed by atoms with E-state index in [0.29, 0.717) is 34.1 Å². The van der Waals surface area contributed by atoms with Crippen LogP contribution >= 0.6 is 11.6 Å². The number of methoxy groups -OCH3 is 2. The molecule has 0 bridgehead atoms. The quantitative estimate of drug-likeness (QED) is 0.495. The minimum atomic E-state index is -0.576. The zero-order chi connectivity index (χ0) is 25.1. The van der Waals surface area contributed by atoms with E-state index in [9.17, 15) is 14.4 Å². The molecule has 35 heavy (non-hydrogen) atoms. The van der Waals surface area contributed by atoms with Gasteiger partial charge in [-0.3, -0.25) is 18.7 Å². The molecule has 0 radical (unpaired) electrons. The highest BCUT2D eigenvalue weighted by molar-refractivity contribution is 6.31. The summed E-state index contributed by atoms with van der Waals surface area (Å²) in [6.07, 6.45) is 3.84. The van der Waals surface area contributed by atoms with Gasteiger partial charge in [0.05, 0.1) is 31.7 Å². The molecule has 0 N–H and O–H groups in total. The molecule has 0 spiro atoms. The number of ether oxygens (including phenoxy) is 2. The fourth-order valence-corrected chi connectivity index (χ4v) is 5.01. The Bertz CT molecular complexity index is 1360. The van der Waals surface area contributed by atoms with Crippen molar-refractivity contribution >= 4 is 28.4 Å². The Balaban J connectivity index is 1.89. The van der Waals surface area contributed by atoms with Crippen molar-refractivity contribution < 1.29 is 14.3 Å². The minimum Gasteiger partial charge on any atom is -0.493 e. The van der Waals surface area contributed by atoms with Crippen molar-refractivity contribution in [1.82, 2.24) is 14.0 Å². The molecule has 1 saturated heterocycles. The molecule has 0 unspecified atom stereocenters. The maximum absolute atomic E-state index is 13.7. The van der Waals surface area contributed by atoms with Crippen molar-refractivity contribution in [2.45, 2.75) is 51.7 Å². The Labute approximate surface area is 208 Å². The summed E-state index contributed by atoms with van der Waals surface area (Å²) in [5, 5.41) is 0.709. The number of hydrogen-bond acceptors (Lipinski definition) is 5. The lowest BCUT2D eigenvalue weighted by Crippen LogP contribution is -2.47. The van der Waals surface area contributed by atoms with Gasteiger partial charge < -0.3 is 14.4 Å². The van der Waals surface area contributed by atoms with Crippen LogP contribution in [-0.4, -0.2) is 46.7 Å². The number of likely N-dealkylation sites (tertiary alicyclic amines) is 1. The van der Waals surface area contributed by atoms with Crippen LogP contribution in [0, 0.1) is 0 Å². The van der Waals surface area contributed by atoms with E-state index in [1.54, 1.807) is 36.4 Å². The molecule has 0 saturated carbocycles. The number of piperidine rings is 1. The van der Waals surface area contributed by atoms with E-state index in [1.165, 1.54) is 18.8 Å². The lowest BCUT2D eigenvalue weighted by atomic mass is 10.00. The van der Waals surface area contributed by atoms with Gasteiger partial charge >= 0.3 is 5.69 Å². The molecule has 186 valence electrons. The first-order valence-corrected chi connectivity index (χ1v) is 12.2. The molecule has 1 fully saturated rings. The summed E-state index contributed by atoms with van der Waals surface area (Å²) < 4.78 is 13.3. The molecular weight excluding hydrogens is 470 g/mol. The van der Waals surface area contributed by atoms with Crippen molar-refractivity contribution in [3.8, 4) is 11.5 Å². The van der Waals surface area contributed by atoms with Gasteiger partial charge in [-0.15, -0.1) is 0 Å². The Morgan fingerprint density at radius 2 is 1.77 bits per heavy atom. The predicted molar refractivity (Wildman–Crippen MR) is 136 cm³/mol. The molecule has 1 atom stereocenters. The van der Waals surface area contributed by atoms with Gasteiger partial charge in [0.25, 0.3) is 5.56 Å². The van der Waals surface area contributed by atoms with Crippen molar-refractivity contribution in [1.29, 1.82) is 0 Å². The first-order valence-electron chi connectivity index (χ1n) is 11.8. The Hall–Kier alpha value is -3.26. The van der Waals surface area contributed by atoms with Gasteiger partial charge in [0, 0.05) is 23.7 Å². The number of rotatable bonds is 7.